The molecule has 0 unspecified atom stereocenters. The summed E-state index contributed by atoms with van der Waals surface area (Å²) in [5.74, 6) is -0.602. The molecule has 0 saturated carbocycles. The van der Waals surface area contributed by atoms with Crippen molar-refractivity contribution in [2.75, 3.05) is 0 Å². The van der Waals surface area contributed by atoms with E-state index in [1.165, 1.54) is 0 Å². The molecule has 0 aliphatic rings. The van der Waals surface area contributed by atoms with Crippen molar-refractivity contribution in [3.63, 3.8) is 0 Å². The Morgan fingerprint density at radius 1 is 1.08 bits per heavy atom. The van der Waals surface area contributed by atoms with Gasteiger partial charge in [0.1, 0.15) is 0 Å². The van der Waals surface area contributed by atoms with Gasteiger partial charge in [0, 0.05) is 22.7 Å². The molecule has 0 bridgehead atoms. The fourth-order valence-electron chi connectivity index (χ4n) is 2.68. The molecule has 0 fully saturated rings. The number of ether oxygens (including phenoxy) is 1. The number of hydrogen-bond donors (Lipinski definition) is 1. The predicted molar refractivity (Wildman–Crippen MR) is 93.1 cm³/mol. The first kappa shape index (κ1) is 16.0. The average molecular weight is 321 g/mol. The number of carbonyl (C=O) groups is 2. The summed E-state index contributed by atoms with van der Waals surface area (Å²) in [6, 6.07) is 15.0. The lowest BCUT2D eigenvalue weighted by molar-refractivity contribution is -0.145. The molecule has 122 valence electrons. The first-order chi connectivity index (χ1) is 11.5. The Hall–Kier alpha value is -2.88. The Bertz CT molecular complexity index is 877. The number of ketones is 1. The molecule has 0 spiro atoms. The number of aryl methyl sites for hydroxylation is 1. The smallest absolute Gasteiger partial charge is 0.311 e. The highest BCUT2D eigenvalue weighted by Crippen LogP contribution is 2.19. The van der Waals surface area contributed by atoms with Crippen molar-refractivity contribution in [1.82, 2.24) is 4.98 Å². The number of benzene rings is 2. The molecular weight excluding hydrogens is 302 g/mol. The molecule has 1 aromatic heterocycles. The van der Waals surface area contributed by atoms with Gasteiger partial charge in [-0.15, -0.1) is 0 Å². The summed E-state index contributed by atoms with van der Waals surface area (Å²) >= 11 is 0. The second-order valence-electron chi connectivity index (χ2n) is 5.90. The molecule has 0 radical (unpaired) electrons. The standard InChI is InChI=1S/C20H19NO3/c1-13-7-9-15(10-8-13)20(23)14(2)24-19(22)11-16-12-21-18-6-4-3-5-17(16)18/h3-10,12,14,21H,11H2,1-2H3/t14-/m1/s1. The molecule has 3 rings (SSSR count). The molecule has 0 aliphatic heterocycles. The van der Waals surface area contributed by atoms with Crippen molar-refractivity contribution in [1.29, 1.82) is 0 Å². The van der Waals surface area contributed by atoms with Gasteiger partial charge < -0.3 is 9.72 Å². The van der Waals surface area contributed by atoms with Crippen molar-refractivity contribution in [2.24, 2.45) is 0 Å². The van der Waals surface area contributed by atoms with Crippen molar-refractivity contribution in [3.8, 4) is 0 Å². The van der Waals surface area contributed by atoms with Crippen LogP contribution in [0.3, 0.4) is 0 Å². The van der Waals surface area contributed by atoms with Crippen LogP contribution < -0.4 is 0 Å². The molecule has 0 saturated heterocycles. The average Bonchev–Trinajstić information content (AvgIpc) is 2.98. The molecule has 4 nitrogen and oxygen atoms in total. The second kappa shape index (κ2) is 6.71. The molecular formula is C20H19NO3. The Kier molecular flexibility index (Phi) is 4.47. The van der Waals surface area contributed by atoms with Gasteiger partial charge in [0.2, 0.25) is 5.78 Å². The summed E-state index contributed by atoms with van der Waals surface area (Å²) < 4.78 is 5.32. The summed E-state index contributed by atoms with van der Waals surface area (Å²) in [7, 11) is 0. The SMILES string of the molecule is Cc1ccc(C(=O)[C@@H](C)OC(=O)Cc2c[nH]c3ccccc23)cc1. The minimum absolute atomic E-state index is 0.134. The van der Waals surface area contributed by atoms with Crippen LogP contribution in [0.25, 0.3) is 10.9 Å². The van der Waals surface area contributed by atoms with Crippen LogP contribution >= 0.6 is 0 Å². The van der Waals surface area contributed by atoms with E-state index in [0.29, 0.717) is 5.56 Å². The van der Waals surface area contributed by atoms with Gasteiger partial charge in [0.05, 0.1) is 6.42 Å². The number of esters is 1. The first-order valence-corrected chi connectivity index (χ1v) is 7.90. The third-order valence-electron chi connectivity index (χ3n) is 4.02. The highest BCUT2D eigenvalue weighted by atomic mass is 16.5. The van der Waals surface area contributed by atoms with Gasteiger partial charge in [-0.1, -0.05) is 48.0 Å². The number of carbonyl (C=O) groups excluding carboxylic acids is 2. The van der Waals surface area contributed by atoms with Crippen molar-refractivity contribution in [2.45, 2.75) is 26.4 Å². The molecule has 1 N–H and O–H groups in total. The van der Waals surface area contributed by atoms with Gasteiger partial charge in [-0.25, -0.2) is 0 Å². The number of Topliss-reactive ketones (excluding diaryl/α,β-unsaturated/α-hetero) is 1. The minimum Gasteiger partial charge on any atom is -0.454 e. The van der Waals surface area contributed by atoms with Crippen molar-refractivity contribution in [3.05, 3.63) is 71.4 Å². The van der Waals surface area contributed by atoms with Gasteiger partial charge in [-0.05, 0) is 25.5 Å². The van der Waals surface area contributed by atoms with Crippen LogP contribution in [0.1, 0.15) is 28.4 Å². The Balaban J connectivity index is 1.66. The zero-order chi connectivity index (χ0) is 17.1. The van der Waals surface area contributed by atoms with Gasteiger partial charge in [-0.2, -0.15) is 0 Å². The number of nitrogens with one attached hydrogen (secondary N) is 1. The number of aromatic amines is 1. The van der Waals surface area contributed by atoms with Gasteiger partial charge >= 0.3 is 5.97 Å². The summed E-state index contributed by atoms with van der Waals surface area (Å²) in [4.78, 5) is 27.6. The van der Waals surface area contributed by atoms with Crippen LogP contribution in [0, 0.1) is 6.92 Å². The van der Waals surface area contributed by atoms with Crippen molar-refractivity contribution < 1.29 is 14.3 Å². The number of aromatic nitrogens is 1. The number of hydrogen-bond acceptors (Lipinski definition) is 3. The van der Waals surface area contributed by atoms with E-state index in [4.69, 9.17) is 4.74 Å². The lowest BCUT2D eigenvalue weighted by atomic mass is 10.1. The zero-order valence-corrected chi connectivity index (χ0v) is 13.7. The van der Waals surface area contributed by atoms with Gasteiger partial charge in [0.25, 0.3) is 0 Å². The highest BCUT2D eigenvalue weighted by Gasteiger charge is 2.20. The lowest BCUT2D eigenvalue weighted by Gasteiger charge is -2.12. The maximum Gasteiger partial charge on any atom is 0.311 e. The van der Waals surface area contributed by atoms with Gasteiger partial charge in [0.15, 0.2) is 6.10 Å². The van der Waals surface area contributed by atoms with Crippen LogP contribution in [-0.4, -0.2) is 22.8 Å². The second-order valence-corrected chi connectivity index (χ2v) is 5.90. The van der Waals surface area contributed by atoms with Crippen LogP contribution in [0.4, 0.5) is 0 Å². The number of para-hydroxylation sites is 1. The van der Waals surface area contributed by atoms with Crippen LogP contribution in [0.5, 0.6) is 0 Å². The molecule has 4 heteroatoms. The molecule has 0 aliphatic carbocycles. The van der Waals surface area contributed by atoms with Gasteiger partial charge in [-0.3, -0.25) is 9.59 Å². The summed E-state index contributed by atoms with van der Waals surface area (Å²) in [5.41, 5.74) is 3.47. The van der Waals surface area contributed by atoms with E-state index in [9.17, 15) is 9.59 Å². The van der Waals surface area contributed by atoms with E-state index < -0.39 is 12.1 Å². The third kappa shape index (κ3) is 3.38. The Morgan fingerprint density at radius 2 is 1.79 bits per heavy atom. The lowest BCUT2D eigenvalue weighted by Crippen LogP contribution is -2.25. The van der Waals surface area contributed by atoms with E-state index in [1.54, 1.807) is 25.3 Å². The van der Waals surface area contributed by atoms with Crippen LogP contribution in [0.2, 0.25) is 0 Å². The molecule has 3 aromatic rings. The van der Waals surface area contributed by atoms with E-state index in [0.717, 1.165) is 22.0 Å². The maximum absolute atomic E-state index is 12.3. The fraction of sp³-hybridized carbons (Fsp3) is 0.200. The summed E-state index contributed by atoms with van der Waals surface area (Å²) in [5, 5.41) is 0.993. The summed E-state index contributed by atoms with van der Waals surface area (Å²) in [6.07, 6.45) is 1.14. The van der Waals surface area contributed by atoms with E-state index in [2.05, 4.69) is 4.98 Å². The molecule has 0 amide bonds. The topological polar surface area (TPSA) is 59.2 Å². The van der Waals surface area contributed by atoms with Crippen LogP contribution in [0.15, 0.2) is 54.7 Å². The summed E-state index contributed by atoms with van der Waals surface area (Å²) in [6.45, 7) is 3.56. The van der Waals surface area contributed by atoms with Crippen molar-refractivity contribution >= 4 is 22.7 Å². The normalized spacial score (nSPS) is 12.1. The Labute approximate surface area is 140 Å². The predicted octanol–water partition coefficient (Wildman–Crippen LogP) is 3.83. The maximum atomic E-state index is 12.3. The fourth-order valence-corrected chi connectivity index (χ4v) is 2.68. The number of fused-ring (bicyclic) bond motifs is 1. The van der Waals surface area contributed by atoms with E-state index in [-0.39, 0.29) is 12.2 Å². The zero-order valence-electron chi connectivity index (χ0n) is 13.7. The molecule has 1 atom stereocenters. The molecule has 2 aromatic carbocycles. The number of H-pyrrole nitrogens is 1. The Morgan fingerprint density at radius 3 is 2.54 bits per heavy atom. The number of rotatable bonds is 5. The molecule has 1 heterocycles. The minimum atomic E-state index is -0.801. The first-order valence-electron chi connectivity index (χ1n) is 7.90. The van der Waals surface area contributed by atoms with E-state index in [1.807, 2.05) is 43.3 Å². The monoisotopic (exact) mass is 321 g/mol. The largest absolute Gasteiger partial charge is 0.454 e. The third-order valence-corrected chi connectivity index (χ3v) is 4.02. The highest BCUT2D eigenvalue weighted by molar-refractivity contribution is 6.00. The molecule has 24 heavy (non-hydrogen) atoms. The quantitative estimate of drug-likeness (QED) is 0.574. The van der Waals surface area contributed by atoms with Crippen LogP contribution in [-0.2, 0) is 16.0 Å². The van der Waals surface area contributed by atoms with E-state index >= 15 is 0 Å².